The zero-order valence-corrected chi connectivity index (χ0v) is 16.3. The Morgan fingerprint density at radius 3 is 2.93 bits per heavy atom. The molecule has 1 N–H and O–H groups in total. The van der Waals surface area contributed by atoms with Crippen LogP contribution in [-0.2, 0) is 0 Å². The van der Waals surface area contributed by atoms with Gasteiger partial charge in [-0.15, -0.1) is 11.3 Å². The Morgan fingerprint density at radius 2 is 2.15 bits per heavy atom. The maximum Gasteiger partial charge on any atom is 0.264 e. The summed E-state index contributed by atoms with van der Waals surface area (Å²) in [4.78, 5) is 20.2. The van der Waals surface area contributed by atoms with Crippen LogP contribution >= 0.6 is 11.3 Å². The van der Waals surface area contributed by atoms with Gasteiger partial charge in [-0.25, -0.2) is 0 Å². The molecule has 0 radical (unpaired) electrons. The van der Waals surface area contributed by atoms with E-state index in [9.17, 15) is 4.79 Å². The minimum Gasteiger partial charge on any atom is -0.495 e. The number of rotatable bonds is 4. The third kappa shape index (κ3) is 3.08. The molecule has 6 nitrogen and oxygen atoms in total. The first-order valence-corrected chi connectivity index (χ1v) is 9.57. The van der Waals surface area contributed by atoms with Gasteiger partial charge in [0.25, 0.3) is 5.91 Å². The van der Waals surface area contributed by atoms with E-state index in [0.717, 1.165) is 39.4 Å². The second-order valence-corrected chi connectivity index (χ2v) is 7.59. The van der Waals surface area contributed by atoms with Crippen molar-refractivity contribution in [2.24, 2.45) is 0 Å². The van der Waals surface area contributed by atoms with Crippen LogP contribution in [0.15, 0.2) is 36.5 Å². The SMILES string of the molecule is COc1ccnc2c(N(C)C)c(C(=O)NC3CCOc4ccccc43)sc12. The largest absolute Gasteiger partial charge is 0.495 e. The molecular weight excluding hydrogens is 362 g/mol. The van der Waals surface area contributed by atoms with Gasteiger partial charge in [0, 0.05) is 32.3 Å². The molecule has 3 aromatic rings. The average molecular weight is 383 g/mol. The van der Waals surface area contributed by atoms with Crippen LogP contribution in [-0.4, -0.2) is 38.7 Å². The van der Waals surface area contributed by atoms with Crippen molar-refractivity contribution in [2.75, 3.05) is 32.7 Å². The van der Waals surface area contributed by atoms with Gasteiger partial charge in [-0.3, -0.25) is 9.78 Å². The highest BCUT2D eigenvalue weighted by molar-refractivity contribution is 7.22. The van der Waals surface area contributed by atoms with Crippen molar-refractivity contribution in [3.8, 4) is 11.5 Å². The molecular formula is C20H21N3O3S. The molecule has 1 aromatic carbocycles. The number of fused-ring (bicyclic) bond motifs is 2. The number of amides is 1. The van der Waals surface area contributed by atoms with Gasteiger partial charge >= 0.3 is 0 Å². The molecule has 0 spiro atoms. The van der Waals surface area contributed by atoms with Crippen molar-refractivity contribution in [2.45, 2.75) is 12.5 Å². The number of hydrogen-bond acceptors (Lipinski definition) is 6. The van der Waals surface area contributed by atoms with E-state index in [4.69, 9.17) is 9.47 Å². The third-order valence-electron chi connectivity index (χ3n) is 4.65. The minimum atomic E-state index is -0.106. The van der Waals surface area contributed by atoms with Gasteiger partial charge < -0.3 is 19.7 Å². The van der Waals surface area contributed by atoms with Gasteiger partial charge in [-0.1, -0.05) is 18.2 Å². The van der Waals surface area contributed by atoms with Crippen molar-refractivity contribution in [3.63, 3.8) is 0 Å². The van der Waals surface area contributed by atoms with E-state index in [1.165, 1.54) is 11.3 Å². The number of pyridine rings is 1. The lowest BCUT2D eigenvalue weighted by Crippen LogP contribution is -2.32. The molecule has 1 atom stereocenters. The Labute approximate surface area is 161 Å². The lowest BCUT2D eigenvalue weighted by atomic mass is 10.0. The van der Waals surface area contributed by atoms with Crippen molar-refractivity contribution in [3.05, 3.63) is 47.0 Å². The molecule has 4 rings (SSSR count). The Bertz CT molecular complexity index is 999. The summed E-state index contributed by atoms with van der Waals surface area (Å²) < 4.78 is 12.0. The molecule has 140 valence electrons. The molecule has 27 heavy (non-hydrogen) atoms. The van der Waals surface area contributed by atoms with Gasteiger partial charge in [-0.2, -0.15) is 0 Å². The summed E-state index contributed by atoms with van der Waals surface area (Å²) in [5.74, 6) is 1.45. The molecule has 0 bridgehead atoms. The molecule has 0 saturated heterocycles. The fourth-order valence-electron chi connectivity index (χ4n) is 3.40. The van der Waals surface area contributed by atoms with Crippen LogP contribution in [0.4, 0.5) is 5.69 Å². The van der Waals surface area contributed by atoms with E-state index in [2.05, 4.69) is 10.3 Å². The second-order valence-electron chi connectivity index (χ2n) is 6.57. The maximum atomic E-state index is 13.2. The Morgan fingerprint density at radius 1 is 1.33 bits per heavy atom. The first-order valence-electron chi connectivity index (χ1n) is 8.75. The highest BCUT2D eigenvalue weighted by Gasteiger charge is 2.27. The number of nitrogens with zero attached hydrogens (tertiary/aromatic N) is 2. The number of carbonyl (C=O) groups is 1. The number of thiophene rings is 1. The number of benzene rings is 1. The molecule has 1 aliphatic rings. The van der Waals surface area contributed by atoms with Crippen LogP contribution in [0.5, 0.6) is 11.5 Å². The van der Waals surface area contributed by atoms with E-state index >= 15 is 0 Å². The van der Waals surface area contributed by atoms with Crippen LogP contribution in [0.2, 0.25) is 0 Å². The van der Waals surface area contributed by atoms with Crippen LogP contribution in [0.3, 0.4) is 0 Å². The standard InChI is InChI=1S/C20H21N3O3S/c1-23(2)17-16-18(15(25-3)8-10-21-16)27-19(17)20(24)22-13-9-11-26-14-7-5-4-6-12(13)14/h4-8,10,13H,9,11H2,1-3H3,(H,22,24). The van der Waals surface area contributed by atoms with Gasteiger partial charge in [0.05, 0.1) is 30.1 Å². The highest BCUT2D eigenvalue weighted by atomic mass is 32.1. The molecule has 7 heteroatoms. The lowest BCUT2D eigenvalue weighted by molar-refractivity contribution is 0.0929. The fraction of sp³-hybridized carbons (Fsp3) is 0.300. The van der Waals surface area contributed by atoms with Gasteiger partial charge in [-0.05, 0) is 12.1 Å². The molecule has 2 aromatic heterocycles. The normalized spacial score (nSPS) is 15.7. The lowest BCUT2D eigenvalue weighted by Gasteiger charge is -2.26. The zero-order valence-electron chi connectivity index (χ0n) is 15.5. The summed E-state index contributed by atoms with van der Waals surface area (Å²) in [6.45, 7) is 0.588. The fourth-order valence-corrected chi connectivity index (χ4v) is 4.63. The van der Waals surface area contributed by atoms with E-state index in [1.807, 2.05) is 49.3 Å². The van der Waals surface area contributed by atoms with Crippen molar-refractivity contribution < 1.29 is 14.3 Å². The molecule has 0 fully saturated rings. The Hall–Kier alpha value is -2.80. The van der Waals surface area contributed by atoms with Crippen LogP contribution in [0.1, 0.15) is 27.7 Å². The van der Waals surface area contributed by atoms with Gasteiger partial charge in [0.1, 0.15) is 21.9 Å². The first kappa shape index (κ1) is 17.6. The number of aromatic nitrogens is 1. The van der Waals surface area contributed by atoms with Crippen molar-refractivity contribution in [1.29, 1.82) is 0 Å². The number of anilines is 1. The summed E-state index contributed by atoms with van der Waals surface area (Å²) in [5, 5.41) is 3.18. The summed E-state index contributed by atoms with van der Waals surface area (Å²) in [7, 11) is 5.47. The number of carbonyl (C=O) groups excluding carboxylic acids is 1. The van der Waals surface area contributed by atoms with Crippen LogP contribution < -0.4 is 19.7 Å². The Balaban J connectivity index is 1.72. The molecule has 3 heterocycles. The number of ether oxygens (including phenoxy) is 2. The summed E-state index contributed by atoms with van der Waals surface area (Å²) in [6, 6.07) is 9.59. The molecule has 1 unspecified atom stereocenters. The van der Waals surface area contributed by atoms with E-state index in [1.54, 1.807) is 13.3 Å². The zero-order chi connectivity index (χ0) is 19.0. The van der Waals surface area contributed by atoms with Crippen molar-refractivity contribution >= 4 is 33.1 Å². The van der Waals surface area contributed by atoms with Crippen LogP contribution in [0.25, 0.3) is 10.2 Å². The van der Waals surface area contributed by atoms with E-state index in [-0.39, 0.29) is 11.9 Å². The number of methoxy groups -OCH3 is 1. The quantitative estimate of drug-likeness (QED) is 0.745. The summed E-state index contributed by atoms with van der Waals surface area (Å²) >= 11 is 1.41. The smallest absolute Gasteiger partial charge is 0.264 e. The van der Waals surface area contributed by atoms with E-state index < -0.39 is 0 Å². The number of hydrogen-bond donors (Lipinski definition) is 1. The highest BCUT2D eigenvalue weighted by Crippen LogP contribution is 2.41. The average Bonchev–Trinajstić information content (AvgIpc) is 3.08. The topological polar surface area (TPSA) is 63.7 Å². The number of nitrogens with one attached hydrogen (secondary N) is 1. The molecule has 1 aliphatic heterocycles. The van der Waals surface area contributed by atoms with E-state index in [0.29, 0.717) is 11.5 Å². The van der Waals surface area contributed by atoms with Crippen LogP contribution in [0, 0.1) is 0 Å². The number of para-hydroxylation sites is 1. The second kappa shape index (κ2) is 7.08. The van der Waals surface area contributed by atoms with Gasteiger partial charge in [0.15, 0.2) is 0 Å². The summed E-state index contributed by atoms with van der Waals surface area (Å²) in [5.41, 5.74) is 2.61. The first-order chi connectivity index (χ1) is 13.1. The maximum absolute atomic E-state index is 13.2. The predicted molar refractivity (Wildman–Crippen MR) is 107 cm³/mol. The van der Waals surface area contributed by atoms with Gasteiger partial charge in [0.2, 0.25) is 0 Å². The summed E-state index contributed by atoms with van der Waals surface area (Å²) in [6.07, 6.45) is 2.45. The Kier molecular flexibility index (Phi) is 4.61. The molecule has 0 aliphatic carbocycles. The molecule has 0 saturated carbocycles. The van der Waals surface area contributed by atoms with Crippen molar-refractivity contribution in [1.82, 2.24) is 10.3 Å². The monoisotopic (exact) mass is 383 g/mol. The third-order valence-corrected chi connectivity index (χ3v) is 5.83. The predicted octanol–water partition coefficient (Wildman–Crippen LogP) is 3.62. The molecule has 1 amide bonds. The minimum absolute atomic E-state index is 0.0717.